The summed E-state index contributed by atoms with van der Waals surface area (Å²) in [5.74, 6) is 0. The van der Waals surface area contributed by atoms with Crippen LogP contribution in [0.25, 0.3) is 0 Å². The summed E-state index contributed by atoms with van der Waals surface area (Å²) in [6, 6.07) is 20.0. The van der Waals surface area contributed by atoms with Crippen LogP contribution in [-0.4, -0.2) is 43.4 Å². The topological polar surface area (TPSA) is 57.2 Å². The summed E-state index contributed by atoms with van der Waals surface area (Å²) in [5, 5.41) is 10.1. The third-order valence-electron chi connectivity index (χ3n) is 4.44. The lowest BCUT2D eigenvalue weighted by molar-refractivity contribution is -0.178. The van der Waals surface area contributed by atoms with Gasteiger partial charge >= 0.3 is 0 Å². The zero-order chi connectivity index (χ0) is 18.2. The Bertz CT molecular complexity index is 633. The summed E-state index contributed by atoms with van der Waals surface area (Å²) in [6.45, 7) is 1.36. The number of aliphatic hydroxyl groups is 1. The number of methoxy groups -OCH3 is 1. The molecule has 0 bridgehead atoms. The molecule has 0 spiro atoms. The molecule has 1 N–H and O–H groups in total. The van der Waals surface area contributed by atoms with E-state index in [1.165, 1.54) is 7.11 Å². The van der Waals surface area contributed by atoms with Gasteiger partial charge < -0.3 is 24.1 Å². The fourth-order valence-electron chi connectivity index (χ4n) is 3.03. The van der Waals surface area contributed by atoms with Crippen LogP contribution in [0.3, 0.4) is 0 Å². The van der Waals surface area contributed by atoms with Crippen molar-refractivity contribution in [3.63, 3.8) is 0 Å². The first-order chi connectivity index (χ1) is 12.8. The van der Waals surface area contributed by atoms with Crippen molar-refractivity contribution in [3.8, 4) is 0 Å². The van der Waals surface area contributed by atoms with Crippen LogP contribution in [0, 0.1) is 0 Å². The van der Waals surface area contributed by atoms with Gasteiger partial charge in [-0.25, -0.2) is 0 Å². The summed E-state index contributed by atoms with van der Waals surface area (Å²) in [6.07, 6.45) is -1.35. The van der Waals surface area contributed by atoms with Gasteiger partial charge in [0, 0.05) is 13.5 Å². The number of ether oxygens (including phenoxy) is 4. The fraction of sp³-hybridized carbons (Fsp3) is 0.429. The van der Waals surface area contributed by atoms with E-state index in [9.17, 15) is 5.11 Å². The van der Waals surface area contributed by atoms with Crippen LogP contribution in [-0.2, 0) is 32.2 Å². The molecule has 0 aliphatic carbocycles. The highest BCUT2D eigenvalue weighted by atomic mass is 16.7. The molecule has 5 heteroatoms. The van der Waals surface area contributed by atoms with Gasteiger partial charge in [0.05, 0.1) is 25.9 Å². The van der Waals surface area contributed by atoms with E-state index in [4.69, 9.17) is 18.9 Å². The third-order valence-corrected chi connectivity index (χ3v) is 4.44. The average Bonchev–Trinajstić information content (AvgIpc) is 3.06. The summed E-state index contributed by atoms with van der Waals surface area (Å²) in [4.78, 5) is 0. The van der Waals surface area contributed by atoms with Crippen LogP contribution >= 0.6 is 0 Å². The monoisotopic (exact) mass is 358 g/mol. The molecule has 5 nitrogen and oxygen atoms in total. The minimum Gasteiger partial charge on any atom is -0.388 e. The molecule has 0 amide bonds. The van der Waals surface area contributed by atoms with Gasteiger partial charge in [0.25, 0.3) is 0 Å². The van der Waals surface area contributed by atoms with Gasteiger partial charge in [-0.05, 0) is 11.1 Å². The van der Waals surface area contributed by atoms with Gasteiger partial charge in [-0.3, -0.25) is 0 Å². The number of hydrogen-bond acceptors (Lipinski definition) is 5. The second-order valence-corrected chi connectivity index (χ2v) is 6.42. The zero-order valence-electron chi connectivity index (χ0n) is 15.0. The summed E-state index contributed by atoms with van der Waals surface area (Å²) < 4.78 is 22.9. The SMILES string of the molecule is CO[C@H]1O[C@H]([C@@H](COCc2ccccc2)OCc2ccccc2)C[C@H]1O. The van der Waals surface area contributed by atoms with Gasteiger partial charge in [-0.1, -0.05) is 60.7 Å². The molecular weight excluding hydrogens is 332 g/mol. The van der Waals surface area contributed by atoms with E-state index < -0.39 is 12.4 Å². The van der Waals surface area contributed by atoms with Crippen molar-refractivity contribution in [2.45, 2.75) is 44.2 Å². The maximum atomic E-state index is 10.1. The van der Waals surface area contributed by atoms with E-state index in [1.54, 1.807) is 0 Å². The first-order valence-electron chi connectivity index (χ1n) is 8.90. The highest BCUT2D eigenvalue weighted by Gasteiger charge is 2.39. The van der Waals surface area contributed by atoms with Crippen molar-refractivity contribution in [2.24, 2.45) is 0 Å². The molecule has 1 heterocycles. The smallest absolute Gasteiger partial charge is 0.183 e. The van der Waals surface area contributed by atoms with Gasteiger partial charge in [-0.2, -0.15) is 0 Å². The normalized spacial score (nSPS) is 23.8. The molecule has 1 aliphatic heterocycles. The molecule has 0 unspecified atom stereocenters. The quantitative estimate of drug-likeness (QED) is 0.747. The molecule has 0 aromatic heterocycles. The van der Waals surface area contributed by atoms with Gasteiger partial charge in [0.2, 0.25) is 0 Å². The Morgan fingerprint density at radius 2 is 1.62 bits per heavy atom. The second-order valence-electron chi connectivity index (χ2n) is 6.42. The minimum absolute atomic E-state index is 0.269. The molecule has 3 rings (SSSR count). The van der Waals surface area contributed by atoms with E-state index in [2.05, 4.69) is 0 Å². The Kier molecular flexibility index (Phi) is 7.17. The lowest BCUT2D eigenvalue weighted by atomic mass is 10.1. The maximum Gasteiger partial charge on any atom is 0.183 e. The largest absolute Gasteiger partial charge is 0.388 e. The number of benzene rings is 2. The predicted octanol–water partition coefficient (Wildman–Crippen LogP) is 2.91. The molecule has 1 aliphatic rings. The molecule has 1 saturated heterocycles. The van der Waals surface area contributed by atoms with Crippen molar-refractivity contribution < 1.29 is 24.1 Å². The predicted molar refractivity (Wildman–Crippen MR) is 97.4 cm³/mol. The standard InChI is InChI=1S/C21H26O5/c1-23-21-18(22)12-19(26-21)20(25-14-17-10-6-3-7-11-17)15-24-13-16-8-4-2-5-9-16/h2-11,18-22H,12-15H2,1H3/t18-,19+,20-,21+/m1/s1. The van der Waals surface area contributed by atoms with Crippen molar-refractivity contribution in [1.29, 1.82) is 0 Å². The Hall–Kier alpha value is -1.76. The lowest BCUT2D eigenvalue weighted by Crippen LogP contribution is -2.34. The fourth-order valence-corrected chi connectivity index (χ4v) is 3.03. The van der Waals surface area contributed by atoms with Crippen molar-refractivity contribution in [2.75, 3.05) is 13.7 Å². The molecule has 26 heavy (non-hydrogen) atoms. The van der Waals surface area contributed by atoms with Crippen molar-refractivity contribution >= 4 is 0 Å². The minimum atomic E-state index is -0.651. The molecule has 140 valence electrons. The molecule has 0 radical (unpaired) electrons. The van der Waals surface area contributed by atoms with Crippen LogP contribution in [0.2, 0.25) is 0 Å². The summed E-state index contributed by atoms with van der Waals surface area (Å²) in [5.41, 5.74) is 2.19. The number of aliphatic hydroxyl groups excluding tert-OH is 1. The van der Waals surface area contributed by atoms with Crippen LogP contribution < -0.4 is 0 Å². The van der Waals surface area contributed by atoms with Gasteiger partial charge in [-0.15, -0.1) is 0 Å². The first kappa shape index (κ1) is 19.0. The first-order valence-corrected chi connectivity index (χ1v) is 8.90. The van der Waals surface area contributed by atoms with Crippen LogP contribution in [0.4, 0.5) is 0 Å². The average molecular weight is 358 g/mol. The highest BCUT2D eigenvalue weighted by Crippen LogP contribution is 2.26. The third kappa shape index (κ3) is 5.37. The summed E-state index contributed by atoms with van der Waals surface area (Å²) in [7, 11) is 1.53. The molecule has 2 aromatic rings. The maximum absolute atomic E-state index is 10.1. The molecule has 4 atom stereocenters. The van der Waals surface area contributed by atoms with Crippen LogP contribution in [0.5, 0.6) is 0 Å². The molecular formula is C21H26O5. The molecule has 1 fully saturated rings. The second kappa shape index (κ2) is 9.80. The molecule has 2 aromatic carbocycles. The van der Waals surface area contributed by atoms with E-state index in [1.807, 2.05) is 60.7 Å². The Morgan fingerprint density at radius 1 is 1.00 bits per heavy atom. The molecule has 0 saturated carbocycles. The van der Waals surface area contributed by atoms with E-state index >= 15 is 0 Å². The van der Waals surface area contributed by atoms with E-state index in [0.29, 0.717) is 26.2 Å². The van der Waals surface area contributed by atoms with Crippen LogP contribution in [0.1, 0.15) is 17.5 Å². The zero-order valence-corrected chi connectivity index (χ0v) is 15.0. The Morgan fingerprint density at radius 3 is 2.19 bits per heavy atom. The van der Waals surface area contributed by atoms with Crippen molar-refractivity contribution in [3.05, 3.63) is 71.8 Å². The van der Waals surface area contributed by atoms with Crippen LogP contribution in [0.15, 0.2) is 60.7 Å². The van der Waals surface area contributed by atoms with Gasteiger partial charge in [0.1, 0.15) is 12.2 Å². The highest BCUT2D eigenvalue weighted by molar-refractivity contribution is 5.14. The number of rotatable bonds is 9. The van der Waals surface area contributed by atoms with Crippen molar-refractivity contribution in [1.82, 2.24) is 0 Å². The Balaban J connectivity index is 1.57. The summed E-state index contributed by atoms with van der Waals surface area (Å²) >= 11 is 0. The lowest BCUT2D eigenvalue weighted by Gasteiger charge is -2.24. The Labute approximate surface area is 154 Å². The van der Waals surface area contributed by atoms with E-state index in [0.717, 1.165) is 11.1 Å². The number of hydrogen-bond donors (Lipinski definition) is 1. The van der Waals surface area contributed by atoms with E-state index in [-0.39, 0.29) is 12.2 Å². The van der Waals surface area contributed by atoms with Gasteiger partial charge in [0.15, 0.2) is 6.29 Å².